The van der Waals surface area contributed by atoms with E-state index in [1.54, 1.807) is 24.3 Å². The van der Waals surface area contributed by atoms with Crippen molar-refractivity contribution in [3.05, 3.63) is 59.2 Å². The molecule has 0 aliphatic rings. The second-order valence-corrected chi connectivity index (χ2v) is 7.54. The summed E-state index contributed by atoms with van der Waals surface area (Å²) in [7, 11) is -1.84. The van der Waals surface area contributed by atoms with E-state index in [9.17, 15) is 13.2 Å². The molecular weight excluding hydrogens is 312 g/mol. The average Bonchev–Trinajstić information content (AvgIpc) is 2.49. The molecule has 0 aliphatic carbocycles. The van der Waals surface area contributed by atoms with Crippen molar-refractivity contribution in [2.75, 3.05) is 22.9 Å². The van der Waals surface area contributed by atoms with Gasteiger partial charge in [0.2, 0.25) is 10.0 Å². The lowest BCUT2D eigenvalue weighted by atomic mass is 10.1. The first-order valence-electron chi connectivity index (χ1n) is 7.11. The molecule has 2 aromatic carbocycles. The van der Waals surface area contributed by atoms with Crippen LogP contribution >= 0.6 is 0 Å². The molecule has 0 saturated heterocycles. The summed E-state index contributed by atoms with van der Waals surface area (Å²) in [5.74, 6) is -0.234. The van der Waals surface area contributed by atoms with Crippen LogP contribution in [0.15, 0.2) is 42.5 Å². The third-order valence-electron chi connectivity index (χ3n) is 3.76. The van der Waals surface area contributed by atoms with E-state index in [2.05, 4.69) is 5.32 Å². The Hall–Kier alpha value is -2.34. The fraction of sp³-hybridized carbons (Fsp3) is 0.235. The summed E-state index contributed by atoms with van der Waals surface area (Å²) >= 11 is 0. The summed E-state index contributed by atoms with van der Waals surface area (Å²) in [6.07, 6.45) is 1.13. The zero-order chi connectivity index (χ0) is 17.2. The fourth-order valence-electron chi connectivity index (χ4n) is 2.04. The summed E-state index contributed by atoms with van der Waals surface area (Å²) in [5.41, 5.74) is 3.98. The molecule has 0 heterocycles. The normalized spacial score (nSPS) is 11.1. The topological polar surface area (TPSA) is 66.5 Å². The van der Waals surface area contributed by atoms with E-state index in [-0.39, 0.29) is 5.91 Å². The van der Waals surface area contributed by atoms with Gasteiger partial charge in [0.15, 0.2) is 0 Å². The Morgan fingerprint density at radius 2 is 1.61 bits per heavy atom. The highest BCUT2D eigenvalue weighted by Crippen LogP contribution is 2.18. The monoisotopic (exact) mass is 332 g/mol. The molecule has 1 N–H and O–H groups in total. The van der Waals surface area contributed by atoms with Crippen LogP contribution in [0.4, 0.5) is 11.4 Å². The molecule has 2 aromatic rings. The zero-order valence-electron chi connectivity index (χ0n) is 13.6. The third-order valence-corrected chi connectivity index (χ3v) is 4.96. The molecule has 0 fully saturated rings. The molecule has 5 nitrogen and oxygen atoms in total. The number of sulfonamides is 1. The minimum atomic E-state index is -3.31. The Kier molecular flexibility index (Phi) is 4.75. The number of amides is 1. The molecule has 6 heteroatoms. The summed E-state index contributed by atoms with van der Waals surface area (Å²) in [6.45, 7) is 4.00. The smallest absolute Gasteiger partial charge is 0.255 e. The number of aryl methyl sites for hydroxylation is 2. The van der Waals surface area contributed by atoms with Gasteiger partial charge in [0.05, 0.1) is 11.9 Å². The molecule has 0 saturated carbocycles. The highest BCUT2D eigenvalue weighted by molar-refractivity contribution is 7.92. The van der Waals surface area contributed by atoms with Crippen molar-refractivity contribution in [3.8, 4) is 0 Å². The number of nitrogens with zero attached hydrogens (tertiary/aromatic N) is 1. The summed E-state index contributed by atoms with van der Waals surface area (Å²) in [4.78, 5) is 12.2. The van der Waals surface area contributed by atoms with Crippen molar-refractivity contribution < 1.29 is 13.2 Å². The molecule has 0 bridgehead atoms. The average molecular weight is 332 g/mol. The Labute approximate surface area is 137 Å². The minimum Gasteiger partial charge on any atom is -0.322 e. The van der Waals surface area contributed by atoms with Crippen LogP contribution in [0.5, 0.6) is 0 Å². The lowest BCUT2D eigenvalue weighted by Crippen LogP contribution is -2.24. The van der Waals surface area contributed by atoms with Crippen LogP contribution in [-0.2, 0) is 10.0 Å². The lowest BCUT2D eigenvalue weighted by molar-refractivity contribution is 0.102. The maximum absolute atomic E-state index is 12.2. The Bertz CT molecular complexity index is 827. The molecule has 0 aliphatic heterocycles. The summed E-state index contributed by atoms with van der Waals surface area (Å²) in [5, 5.41) is 2.83. The van der Waals surface area contributed by atoms with Crippen molar-refractivity contribution in [1.82, 2.24) is 0 Å². The third kappa shape index (κ3) is 4.10. The first-order valence-corrected chi connectivity index (χ1v) is 8.96. The SMILES string of the molecule is Cc1ccc(NC(=O)c2ccc(N(C)S(C)(=O)=O)cc2)cc1C. The fourth-order valence-corrected chi connectivity index (χ4v) is 2.54. The van der Waals surface area contributed by atoms with E-state index in [1.807, 2.05) is 32.0 Å². The van der Waals surface area contributed by atoms with Crippen molar-refractivity contribution >= 4 is 27.3 Å². The number of hydrogen-bond acceptors (Lipinski definition) is 3. The number of hydrogen-bond donors (Lipinski definition) is 1. The molecule has 122 valence electrons. The van der Waals surface area contributed by atoms with Gasteiger partial charge in [-0.05, 0) is 61.4 Å². The van der Waals surface area contributed by atoms with E-state index in [0.29, 0.717) is 11.3 Å². The maximum Gasteiger partial charge on any atom is 0.255 e. The second-order valence-electron chi connectivity index (χ2n) is 5.53. The van der Waals surface area contributed by atoms with Crippen LogP contribution in [0.25, 0.3) is 0 Å². The van der Waals surface area contributed by atoms with Gasteiger partial charge < -0.3 is 5.32 Å². The van der Waals surface area contributed by atoms with Gasteiger partial charge in [-0.3, -0.25) is 9.10 Å². The molecule has 0 atom stereocenters. The molecule has 23 heavy (non-hydrogen) atoms. The Morgan fingerprint density at radius 1 is 1.00 bits per heavy atom. The summed E-state index contributed by atoms with van der Waals surface area (Å²) in [6, 6.07) is 12.1. The molecule has 0 spiro atoms. The number of benzene rings is 2. The highest BCUT2D eigenvalue weighted by atomic mass is 32.2. The number of carbonyl (C=O) groups is 1. The van der Waals surface area contributed by atoms with Crippen LogP contribution in [0, 0.1) is 13.8 Å². The van der Waals surface area contributed by atoms with Gasteiger partial charge in [0.25, 0.3) is 5.91 Å². The second kappa shape index (κ2) is 6.42. The number of nitrogens with one attached hydrogen (secondary N) is 1. The lowest BCUT2D eigenvalue weighted by Gasteiger charge is -2.16. The Balaban J connectivity index is 2.15. The van der Waals surface area contributed by atoms with Gasteiger partial charge >= 0.3 is 0 Å². The number of anilines is 2. The molecule has 1 amide bonds. The molecule has 0 unspecified atom stereocenters. The Morgan fingerprint density at radius 3 is 2.13 bits per heavy atom. The van der Waals surface area contributed by atoms with Crippen molar-refractivity contribution in [3.63, 3.8) is 0 Å². The van der Waals surface area contributed by atoms with Gasteiger partial charge in [-0.1, -0.05) is 6.07 Å². The minimum absolute atomic E-state index is 0.234. The van der Waals surface area contributed by atoms with Gasteiger partial charge in [0, 0.05) is 18.3 Å². The number of rotatable bonds is 4. The molecule has 2 rings (SSSR count). The van der Waals surface area contributed by atoms with E-state index < -0.39 is 10.0 Å². The van der Waals surface area contributed by atoms with Crippen LogP contribution in [0.2, 0.25) is 0 Å². The van der Waals surface area contributed by atoms with Gasteiger partial charge in [0.1, 0.15) is 0 Å². The van der Waals surface area contributed by atoms with Gasteiger partial charge in [-0.15, -0.1) is 0 Å². The highest BCUT2D eigenvalue weighted by Gasteiger charge is 2.13. The van der Waals surface area contributed by atoms with Crippen LogP contribution in [-0.4, -0.2) is 27.6 Å². The van der Waals surface area contributed by atoms with E-state index in [4.69, 9.17) is 0 Å². The van der Waals surface area contributed by atoms with Crippen LogP contribution < -0.4 is 9.62 Å². The van der Waals surface area contributed by atoms with Crippen LogP contribution in [0.1, 0.15) is 21.5 Å². The maximum atomic E-state index is 12.2. The van der Waals surface area contributed by atoms with Crippen molar-refractivity contribution in [2.45, 2.75) is 13.8 Å². The van der Waals surface area contributed by atoms with Crippen molar-refractivity contribution in [1.29, 1.82) is 0 Å². The number of carbonyl (C=O) groups excluding carboxylic acids is 1. The van der Waals surface area contributed by atoms with Gasteiger partial charge in [-0.25, -0.2) is 8.42 Å². The zero-order valence-corrected chi connectivity index (χ0v) is 14.4. The predicted molar refractivity (Wildman–Crippen MR) is 93.6 cm³/mol. The van der Waals surface area contributed by atoms with E-state index >= 15 is 0 Å². The first kappa shape index (κ1) is 17.0. The van der Waals surface area contributed by atoms with Crippen LogP contribution in [0.3, 0.4) is 0 Å². The van der Waals surface area contributed by atoms with E-state index in [1.165, 1.54) is 7.05 Å². The predicted octanol–water partition coefficient (Wildman–Crippen LogP) is 2.95. The molecular formula is C17H20N2O3S. The molecule has 0 radical (unpaired) electrons. The van der Waals surface area contributed by atoms with Crippen molar-refractivity contribution in [2.24, 2.45) is 0 Å². The molecule has 0 aromatic heterocycles. The standard InChI is InChI=1S/C17H20N2O3S/c1-12-5-8-15(11-13(12)2)18-17(20)14-6-9-16(10-7-14)19(3)23(4,21)22/h5-11H,1-4H3,(H,18,20). The quantitative estimate of drug-likeness (QED) is 0.936. The van der Waals surface area contributed by atoms with E-state index in [0.717, 1.165) is 27.4 Å². The van der Waals surface area contributed by atoms with Gasteiger partial charge in [-0.2, -0.15) is 0 Å². The largest absolute Gasteiger partial charge is 0.322 e. The first-order chi connectivity index (χ1) is 10.7. The summed E-state index contributed by atoms with van der Waals surface area (Å²) < 4.78 is 24.2.